The second-order valence-electron chi connectivity index (χ2n) is 3.91. The summed E-state index contributed by atoms with van der Waals surface area (Å²) in [4.78, 5) is 1.20. The minimum Gasteiger partial charge on any atom is -0.192 e. The number of aryl methyl sites for hydroxylation is 1. The smallest absolute Gasteiger partial charge is 0.0991 e. The maximum atomic E-state index is 8.71. The van der Waals surface area contributed by atoms with Crippen molar-refractivity contribution < 1.29 is 0 Å². The summed E-state index contributed by atoms with van der Waals surface area (Å²) < 4.78 is 0. The molecule has 0 aliphatic heterocycles. The quantitative estimate of drug-likeness (QED) is 0.751. The van der Waals surface area contributed by atoms with Gasteiger partial charge < -0.3 is 0 Å². The molecule has 0 radical (unpaired) electrons. The van der Waals surface area contributed by atoms with Gasteiger partial charge in [-0.25, -0.2) is 0 Å². The third-order valence-corrected chi connectivity index (χ3v) is 3.55. The molecule has 0 saturated carbocycles. The van der Waals surface area contributed by atoms with E-state index in [0.29, 0.717) is 5.56 Å². The zero-order chi connectivity index (χ0) is 12.1. The molecule has 0 amide bonds. The lowest BCUT2D eigenvalue weighted by atomic mass is 10.2. The molecule has 0 aromatic heterocycles. The van der Waals surface area contributed by atoms with Crippen molar-refractivity contribution in [2.75, 3.05) is 0 Å². The molecule has 2 aromatic carbocycles. The highest BCUT2D eigenvalue weighted by molar-refractivity contribution is 7.98. The first-order valence-electron chi connectivity index (χ1n) is 5.46. The van der Waals surface area contributed by atoms with Gasteiger partial charge in [0.1, 0.15) is 0 Å². The van der Waals surface area contributed by atoms with Gasteiger partial charge in [-0.05, 0) is 36.8 Å². The van der Waals surface area contributed by atoms with Gasteiger partial charge >= 0.3 is 0 Å². The molecule has 0 spiro atoms. The predicted molar refractivity (Wildman–Crippen MR) is 71.9 cm³/mol. The van der Waals surface area contributed by atoms with E-state index >= 15 is 0 Å². The van der Waals surface area contributed by atoms with Crippen LogP contribution in [0.25, 0.3) is 0 Å². The first-order valence-corrected chi connectivity index (χ1v) is 6.45. The van der Waals surface area contributed by atoms with Crippen molar-refractivity contribution in [2.45, 2.75) is 17.6 Å². The number of nitrogens with zero attached hydrogens (tertiary/aromatic N) is 1. The van der Waals surface area contributed by atoms with Gasteiger partial charge in [-0.15, -0.1) is 11.8 Å². The largest absolute Gasteiger partial charge is 0.192 e. The highest BCUT2D eigenvalue weighted by atomic mass is 32.2. The minimum absolute atomic E-state index is 0.713. The highest BCUT2D eigenvalue weighted by Crippen LogP contribution is 2.23. The van der Waals surface area contributed by atoms with Gasteiger partial charge in [0.15, 0.2) is 0 Å². The van der Waals surface area contributed by atoms with E-state index in [1.807, 2.05) is 24.3 Å². The van der Waals surface area contributed by atoms with Gasteiger partial charge in [0, 0.05) is 10.6 Å². The van der Waals surface area contributed by atoms with Crippen molar-refractivity contribution in [3.63, 3.8) is 0 Å². The summed E-state index contributed by atoms with van der Waals surface area (Å²) in [5, 5.41) is 8.71. The normalized spacial score (nSPS) is 9.88. The molecule has 0 heterocycles. The van der Waals surface area contributed by atoms with Crippen LogP contribution >= 0.6 is 11.8 Å². The van der Waals surface area contributed by atoms with E-state index in [4.69, 9.17) is 5.26 Å². The Morgan fingerprint density at radius 2 is 1.88 bits per heavy atom. The average Bonchev–Trinajstić information content (AvgIpc) is 2.37. The summed E-state index contributed by atoms with van der Waals surface area (Å²) in [7, 11) is 0. The Morgan fingerprint density at radius 1 is 1.12 bits per heavy atom. The standard InChI is InChI=1S/C15H13NS/c1-12-3-2-4-14(9-12)11-17-15-7-5-13(10-16)6-8-15/h2-9H,11H2,1H3. The van der Waals surface area contributed by atoms with Crippen LogP contribution in [-0.4, -0.2) is 0 Å². The summed E-state index contributed by atoms with van der Waals surface area (Å²) in [6.45, 7) is 2.11. The van der Waals surface area contributed by atoms with E-state index in [2.05, 4.69) is 37.3 Å². The summed E-state index contributed by atoms with van der Waals surface area (Å²) in [5.41, 5.74) is 3.34. The fourth-order valence-corrected chi connectivity index (χ4v) is 2.44. The molecule has 0 unspecified atom stereocenters. The molecule has 2 aromatic rings. The van der Waals surface area contributed by atoms with Crippen LogP contribution < -0.4 is 0 Å². The van der Waals surface area contributed by atoms with Crippen molar-refractivity contribution in [3.05, 3.63) is 65.2 Å². The Bertz CT molecular complexity index is 538. The first-order chi connectivity index (χ1) is 8.28. The summed E-state index contributed by atoms with van der Waals surface area (Å²) in [6.07, 6.45) is 0. The van der Waals surface area contributed by atoms with Gasteiger partial charge in [-0.2, -0.15) is 5.26 Å². The number of thioether (sulfide) groups is 1. The Kier molecular flexibility index (Phi) is 3.85. The predicted octanol–water partition coefficient (Wildman–Crippen LogP) is 4.16. The Hall–Kier alpha value is -1.72. The topological polar surface area (TPSA) is 23.8 Å². The Balaban J connectivity index is 2.00. The molecule has 2 heteroatoms. The molecule has 1 nitrogen and oxygen atoms in total. The fourth-order valence-electron chi connectivity index (χ4n) is 1.59. The highest BCUT2D eigenvalue weighted by Gasteiger charge is 1.97. The van der Waals surface area contributed by atoms with E-state index < -0.39 is 0 Å². The molecule has 0 aliphatic rings. The van der Waals surface area contributed by atoms with Crippen LogP contribution in [0.1, 0.15) is 16.7 Å². The number of hydrogen-bond donors (Lipinski definition) is 0. The molecule has 17 heavy (non-hydrogen) atoms. The average molecular weight is 239 g/mol. The van der Waals surface area contributed by atoms with Gasteiger partial charge in [0.05, 0.1) is 11.6 Å². The zero-order valence-corrected chi connectivity index (χ0v) is 10.5. The van der Waals surface area contributed by atoms with Crippen molar-refractivity contribution in [1.82, 2.24) is 0 Å². The van der Waals surface area contributed by atoms with Crippen LogP contribution in [0.5, 0.6) is 0 Å². The van der Waals surface area contributed by atoms with Crippen molar-refractivity contribution >= 4 is 11.8 Å². The lowest BCUT2D eigenvalue weighted by molar-refractivity contribution is 1.34. The van der Waals surface area contributed by atoms with Crippen LogP contribution in [0, 0.1) is 18.3 Å². The van der Waals surface area contributed by atoms with Crippen LogP contribution in [0.2, 0.25) is 0 Å². The van der Waals surface area contributed by atoms with Crippen LogP contribution in [0.4, 0.5) is 0 Å². The van der Waals surface area contributed by atoms with Crippen LogP contribution in [0.3, 0.4) is 0 Å². The number of hydrogen-bond acceptors (Lipinski definition) is 2. The molecule has 0 saturated heterocycles. The van der Waals surface area contributed by atoms with E-state index in [-0.39, 0.29) is 0 Å². The van der Waals surface area contributed by atoms with E-state index in [0.717, 1.165) is 5.75 Å². The first kappa shape index (κ1) is 11.8. The minimum atomic E-state index is 0.713. The second kappa shape index (κ2) is 5.56. The Labute approximate surface area is 106 Å². The monoisotopic (exact) mass is 239 g/mol. The summed E-state index contributed by atoms with van der Waals surface area (Å²) >= 11 is 1.79. The maximum absolute atomic E-state index is 8.71. The molecule has 0 atom stereocenters. The van der Waals surface area contributed by atoms with Gasteiger partial charge in [-0.3, -0.25) is 0 Å². The molecule has 84 valence electrons. The van der Waals surface area contributed by atoms with Crippen LogP contribution in [0.15, 0.2) is 53.4 Å². The van der Waals surface area contributed by atoms with Gasteiger partial charge in [0.25, 0.3) is 0 Å². The SMILES string of the molecule is Cc1cccc(CSc2ccc(C#N)cc2)c1. The second-order valence-corrected chi connectivity index (χ2v) is 4.96. The molecular formula is C15H13NS. The van der Waals surface area contributed by atoms with Crippen LogP contribution in [-0.2, 0) is 5.75 Å². The van der Waals surface area contributed by atoms with E-state index in [9.17, 15) is 0 Å². The fraction of sp³-hybridized carbons (Fsp3) is 0.133. The third kappa shape index (κ3) is 3.37. The molecule has 0 N–H and O–H groups in total. The van der Waals surface area contributed by atoms with Crippen molar-refractivity contribution in [3.8, 4) is 6.07 Å². The van der Waals surface area contributed by atoms with E-state index in [1.165, 1.54) is 16.0 Å². The lowest BCUT2D eigenvalue weighted by Crippen LogP contribution is -1.82. The van der Waals surface area contributed by atoms with E-state index in [1.54, 1.807) is 11.8 Å². The van der Waals surface area contributed by atoms with Gasteiger partial charge in [0.2, 0.25) is 0 Å². The molecule has 0 aliphatic carbocycles. The number of benzene rings is 2. The zero-order valence-electron chi connectivity index (χ0n) is 9.68. The van der Waals surface area contributed by atoms with Crippen molar-refractivity contribution in [1.29, 1.82) is 5.26 Å². The summed E-state index contributed by atoms with van der Waals surface area (Å²) in [5.74, 6) is 0.966. The van der Waals surface area contributed by atoms with Gasteiger partial charge in [-0.1, -0.05) is 29.8 Å². The number of nitriles is 1. The summed E-state index contributed by atoms with van der Waals surface area (Å²) in [6, 6.07) is 18.4. The lowest BCUT2D eigenvalue weighted by Gasteiger charge is -2.03. The number of rotatable bonds is 3. The third-order valence-electron chi connectivity index (χ3n) is 2.47. The molecule has 0 bridgehead atoms. The molecule has 0 fully saturated rings. The molecule has 2 rings (SSSR count). The molecular weight excluding hydrogens is 226 g/mol. The van der Waals surface area contributed by atoms with Crippen molar-refractivity contribution in [2.24, 2.45) is 0 Å². The maximum Gasteiger partial charge on any atom is 0.0991 e. The Morgan fingerprint density at radius 3 is 2.53 bits per heavy atom.